The van der Waals surface area contributed by atoms with Crippen LogP contribution in [0.25, 0.3) is 5.69 Å². The lowest BCUT2D eigenvalue weighted by molar-refractivity contribution is 0.234. The summed E-state index contributed by atoms with van der Waals surface area (Å²) in [4.78, 5) is 17.4. The summed E-state index contributed by atoms with van der Waals surface area (Å²) in [5.41, 5.74) is 0.905. The van der Waals surface area contributed by atoms with Crippen molar-refractivity contribution >= 4 is 29.3 Å². The van der Waals surface area contributed by atoms with E-state index < -0.39 is 11.1 Å². The van der Waals surface area contributed by atoms with Gasteiger partial charge < -0.3 is 21.1 Å². The molecule has 0 aliphatic heterocycles. The molecule has 0 spiro atoms. The minimum Gasteiger partial charge on any atom is -0.394 e. The summed E-state index contributed by atoms with van der Waals surface area (Å²) in [7, 11) is 0. The van der Waals surface area contributed by atoms with Crippen LogP contribution in [0, 0.1) is 16.7 Å². The molecule has 0 saturated carbocycles. The standard InChI is InChI=1S/C23H23ClN6O2/c1-23(2,14-31)29-21-9-20(16(10-25)13-28-21)30-8-7-19(17(11-26)22(30)32)27-12-15-5-3-4-6-18(15)24/h3-9,11,13,26-27,31H,12,14H2,1-2H3,(H,28,29). The maximum Gasteiger partial charge on any atom is 0.266 e. The molecule has 1 aromatic carbocycles. The first-order valence-electron chi connectivity index (χ1n) is 9.82. The van der Waals surface area contributed by atoms with Crippen LogP contribution in [0.15, 0.2) is 53.6 Å². The highest BCUT2D eigenvalue weighted by molar-refractivity contribution is 6.31. The van der Waals surface area contributed by atoms with E-state index in [0.717, 1.165) is 11.8 Å². The second kappa shape index (κ2) is 9.64. The molecule has 0 bridgehead atoms. The highest BCUT2D eigenvalue weighted by Gasteiger charge is 2.19. The largest absolute Gasteiger partial charge is 0.394 e. The monoisotopic (exact) mass is 450 g/mol. The van der Waals surface area contributed by atoms with E-state index in [0.29, 0.717) is 28.8 Å². The average molecular weight is 451 g/mol. The van der Waals surface area contributed by atoms with Gasteiger partial charge in [0.25, 0.3) is 5.56 Å². The molecule has 0 aliphatic rings. The summed E-state index contributed by atoms with van der Waals surface area (Å²) < 4.78 is 1.30. The third kappa shape index (κ3) is 4.97. The number of anilines is 2. The van der Waals surface area contributed by atoms with E-state index in [1.165, 1.54) is 10.8 Å². The van der Waals surface area contributed by atoms with E-state index in [-0.39, 0.29) is 17.7 Å². The molecule has 164 valence electrons. The van der Waals surface area contributed by atoms with Gasteiger partial charge >= 0.3 is 0 Å². The zero-order valence-corrected chi connectivity index (χ0v) is 18.4. The zero-order valence-electron chi connectivity index (χ0n) is 17.7. The van der Waals surface area contributed by atoms with Gasteiger partial charge in [-0.1, -0.05) is 29.8 Å². The van der Waals surface area contributed by atoms with Crippen LogP contribution in [0.4, 0.5) is 11.5 Å². The van der Waals surface area contributed by atoms with E-state index in [2.05, 4.69) is 15.6 Å². The van der Waals surface area contributed by atoms with Crippen molar-refractivity contribution in [3.05, 3.63) is 80.9 Å². The average Bonchev–Trinajstić information content (AvgIpc) is 2.78. The van der Waals surface area contributed by atoms with Crippen LogP contribution in [0.2, 0.25) is 5.02 Å². The molecule has 0 saturated heterocycles. The van der Waals surface area contributed by atoms with Crippen LogP contribution in [-0.2, 0) is 6.54 Å². The van der Waals surface area contributed by atoms with Crippen molar-refractivity contribution in [2.45, 2.75) is 25.9 Å². The third-order valence-electron chi connectivity index (χ3n) is 4.82. The van der Waals surface area contributed by atoms with Gasteiger partial charge in [-0.15, -0.1) is 0 Å². The number of aromatic nitrogens is 2. The highest BCUT2D eigenvalue weighted by atomic mass is 35.5. The van der Waals surface area contributed by atoms with Crippen LogP contribution in [0.3, 0.4) is 0 Å². The van der Waals surface area contributed by atoms with Crippen molar-refractivity contribution in [2.75, 3.05) is 17.2 Å². The fourth-order valence-electron chi connectivity index (χ4n) is 3.05. The molecule has 0 radical (unpaired) electrons. The molecule has 0 amide bonds. The molecule has 2 aromatic heterocycles. The number of nitriles is 1. The first-order chi connectivity index (χ1) is 15.3. The molecule has 32 heavy (non-hydrogen) atoms. The van der Waals surface area contributed by atoms with Crippen molar-refractivity contribution < 1.29 is 5.11 Å². The van der Waals surface area contributed by atoms with Gasteiger partial charge in [0.05, 0.1) is 34.6 Å². The SMILES string of the molecule is CC(C)(CO)Nc1cc(-n2ccc(NCc3ccccc3Cl)c(C=N)c2=O)c(C#N)cn1. The predicted molar refractivity (Wildman–Crippen MR) is 126 cm³/mol. The fraction of sp³-hybridized carbons (Fsp3) is 0.217. The summed E-state index contributed by atoms with van der Waals surface area (Å²) in [5, 5.41) is 33.6. The fourth-order valence-corrected chi connectivity index (χ4v) is 3.25. The second-order valence-electron chi connectivity index (χ2n) is 7.77. The number of nitrogens with one attached hydrogen (secondary N) is 3. The Morgan fingerprint density at radius 2 is 2.09 bits per heavy atom. The van der Waals surface area contributed by atoms with Crippen LogP contribution >= 0.6 is 11.6 Å². The molecule has 3 aromatic rings. The lowest BCUT2D eigenvalue weighted by Crippen LogP contribution is -2.35. The maximum absolute atomic E-state index is 13.2. The van der Waals surface area contributed by atoms with Crippen LogP contribution in [-0.4, -0.2) is 33.0 Å². The molecule has 3 rings (SSSR count). The zero-order chi connectivity index (χ0) is 23.3. The minimum absolute atomic E-state index is 0.131. The summed E-state index contributed by atoms with van der Waals surface area (Å²) in [6, 6.07) is 12.6. The van der Waals surface area contributed by atoms with Crippen molar-refractivity contribution in [1.29, 1.82) is 10.7 Å². The number of halogens is 1. The molecule has 0 aliphatic carbocycles. The van der Waals surface area contributed by atoms with Gasteiger partial charge in [-0.25, -0.2) is 4.98 Å². The number of hydrogen-bond acceptors (Lipinski definition) is 7. The number of nitrogens with zero attached hydrogens (tertiary/aromatic N) is 3. The Kier molecular flexibility index (Phi) is 6.93. The van der Waals surface area contributed by atoms with Crippen molar-refractivity contribution in [1.82, 2.24) is 9.55 Å². The van der Waals surface area contributed by atoms with Crippen molar-refractivity contribution in [3.63, 3.8) is 0 Å². The van der Waals surface area contributed by atoms with Crippen molar-refractivity contribution in [3.8, 4) is 11.8 Å². The number of pyridine rings is 2. The number of aliphatic hydroxyl groups excluding tert-OH is 1. The number of benzene rings is 1. The number of aliphatic hydroxyl groups is 1. The molecular formula is C23H23ClN6O2. The van der Waals surface area contributed by atoms with Crippen LogP contribution < -0.4 is 16.2 Å². The molecule has 8 nitrogen and oxygen atoms in total. The second-order valence-corrected chi connectivity index (χ2v) is 8.18. The Labute approximate surface area is 190 Å². The van der Waals surface area contributed by atoms with E-state index in [4.69, 9.17) is 17.0 Å². The topological polar surface area (TPSA) is 127 Å². The molecule has 9 heteroatoms. The number of hydrogen-bond donors (Lipinski definition) is 4. The van der Waals surface area contributed by atoms with E-state index in [1.54, 1.807) is 38.2 Å². The molecule has 0 fully saturated rings. The van der Waals surface area contributed by atoms with E-state index in [9.17, 15) is 15.2 Å². The van der Waals surface area contributed by atoms with Crippen LogP contribution in [0.1, 0.15) is 30.5 Å². The summed E-state index contributed by atoms with van der Waals surface area (Å²) in [5.74, 6) is 0.405. The Morgan fingerprint density at radius 1 is 1.34 bits per heavy atom. The lowest BCUT2D eigenvalue weighted by atomic mass is 10.1. The highest BCUT2D eigenvalue weighted by Crippen LogP contribution is 2.21. The molecule has 0 atom stereocenters. The Morgan fingerprint density at radius 3 is 2.75 bits per heavy atom. The van der Waals surface area contributed by atoms with Gasteiger partial charge in [-0.05, 0) is 31.5 Å². The Bertz CT molecular complexity index is 1250. The normalized spacial score (nSPS) is 11.0. The van der Waals surface area contributed by atoms with Gasteiger partial charge in [0.15, 0.2) is 0 Å². The predicted octanol–water partition coefficient (Wildman–Crippen LogP) is 3.55. The quantitative estimate of drug-likeness (QED) is 0.389. The van der Waals surface area contributed by atoms with Gasteiger partial charge in [-0.3, -0.25) is 9.36 Å². The summed E-state index contributed by atoms with van der Waals surface area (Å²) in [6.45, 7) is 3.84. The minimum atomic E-state index is -0.643. The summed E-state index contributed by atoms with van der Waals surface area (Å²) in [6.07, 6.45) is 3.89. The first kappa shape index (κ1) is 23.0. The maximum atomic E-state index is 13.2. The van der Waals surface area contributed by atoms with Gasteiger partial charge in [0.2, 0.25) is 0 Å². The van der Waals surface area contributed by atoms with Gasteiger partial charge in [-0.2, -0.15) is 5.26 Å². The molecule has 4 N–H and O–H groups in total. The smallest absolute Gasteiger partial charge is 0.266 e. The van der Waals surface area contributed by atoms with Gasteiger partial charge in [0.1, 0.15) is 11.9 Å². The first-order valence-corrected chi connectivity index (χ1v) is 10.2. The van der Waals surface area contributed by atoms with Crippen LogP contribution in [0.5, 0.6) is 0 Å². The molecular weight excluding hydrogens is 428 g/mol. The summed E-state index contributed by atoms with van der Waals surface area (Å²) >= 11 is 6.20. The lowest BCUT2D eigenvalue weighted by Gasteiger charge is -2.24. The van der Waals surface area contributed by atoms with Crippen molar-refractivity contribution in [2.24, 2.45) is 0 Å². The van der Waals surface area contributed by atoms with Gasteiger partial charge in [0, 0.05) is 36.2 Å². The number of rotatable bonds is 8. The van der Waals surface area contributed by atoms with E-state index in [1.807, 2.05) is 24.3 Å². The molecule has 2 heterocycles. The third-order valence-corrected chi connectivity index (χ3v) is 5.19. The molecule has 0 unspecified atom stereocenters. The Balaban J connectivity index is 2.00. The van der Waals surface area contributed by atoms with E-state index >= 15 is 0 Å². The Hall–Kier alpha value is -3.67.